The van der Waals surface area contributed by atoms with E-state index in [2.05, 4.69) is 5.32 Å². The van der Waals surface area contributed by atoms with E-state index in [1.54, 1.807) is 14.0 Å². The summed E-state index contributed by atoms with van der Waals surface area (Å²) < 4.78 is 18.8. The molecule has 3 rings (SSSR count). The van der Waals surface area contributed by atoms with E-state index < -0.39 is 0 Å². The number of rotatable bonds is 7. The number of nitrogens with one attached hydrogen (secondary N) is 1. The molecule has 4 heteroatoms. The summed E-state index contributed by atoms with van der Waals surface area (Å²) in [5.41, 5.74) is 2.66. The zero-order chi connectivity index (χ0) is 17.8. The predicted octanol–water partition coefficient (Wildman–Crippen LogP) is 4.34. The average molecular weight is 341 g/mol. The lowest BCUT2D eigenvalue weighted by Gasteiger charge is -2.18. The van der Waals surface area contributed by atoms with Gasteiger partial charge in [-0.2, -0.15) is 0 Å². The number of hydrogen-bond acceptors (Lipinski definition) is 2. The maximum atomic E-state index is 13.5. The first-order chi connectivity index (χ1) is 12.1. The minimum absolute atomic E-state index is 0.0183. The molecule has 3 nitrogen and oxygen atoms in total. The number of hydrogen-bond donors (Lipinski definition) is 1. The van der Waals surface area contributed by atoms with E-state index in [1.807, 2.05) is 36.4 Å². The molecule has 1 aliphatic carbocycles. The normalized spacial score (nSPS) is 14.8. The lowest BCUT2D eigenvalue weighted by Crippen LogP contribution is -2.25. The standard InChI is InChI=1S/C21H24FNO2/c1-14-11-16(9-10-19(14)22)18(15-7-8-15)12-21(24)23-13-17-5-3-4-6-20(17)25-2/h3-6,9-11,15,18H,7-8,12-13H2,1-2H3,(H,23,24). The maximum Gasteiger partial charge on any atom is 0.220 e. The van der Waals surface area contributed by atoms with Crippen molar-refractivity contribution >= 4 is 5.91 Å². The molecule has 25 heavy (non-hydrogen) atoms. The van der Waals surface area contributed by atoms with E-state index in [0.29, 0.717) is 24.4 Å². The molecule has 132 valence electrons. The number of carbonyl (C=O) groups excluding carboxylic acids is 1. The first-order valence-electron chi connectivity index (χ1n) is 8.73. The Bertz CT molecular complexity index is 755. The Morgan fingerprint density at radius 2 is 2.04 bits per heavy atom. The van der Waals surface area contributed by atoms with Crippen LogP contribution >= 0.6 is 0 Å². The fourth-order valence-electron chi connectivity index (χ4n) is 3.27. The van der Waals surface area contributed by atoms with Crippen LogP contribution in [0.4, 0.5) is 4.39 Å². The summed E-state index contributed by atoms with van der Waals surface area (Å²) in [4.78, 5) is 12.5. The van der Waals surface area contributed by atoms with Crippen LogP contribution in [0.25, 0.3) is 0 Å². The molecular weight excluding hydrogens is 317 g/mol. The molecule has 0 radical (unpaired) electrons. The zero-order valence-corrected chi connectivity index (χ0v) is 14.7. The van der Waals surface area contributed by atoms with E-state index in [0.717, 1.165) is 29.7 Å². The molecule has 0 heterocycles. The van der Waals surface area contributed by atoms with Gasteiger partial charge in [0.15, 0.2) is 0 Å². The Labute approximate surface area is 148 Å². The van der Waals surface area contributed by atoms with Crippen LogP contribution in [0.15, 0.2) is 42.5 Å². The SMILES string of the molecule is COc1ccccc1CNC(=O)CC(c1ccc(F)c(C)c1)C1CC1. The summed E-state index contributed by atoms with van der Waals surface area (Å²) in [6.45, 7) is 2.22. The van der Waals surface area contributed by atoms with Crippen LogP contribution in [0, 0.1) is 18.7 Å². The second kappa shape index (κ2) is 7.68. The third-order valence-corrected chi connectivity index (χ3v) is 4.88. The summed E-state index contributed by atoms with van der Waals surface area (Å²) in [5, 5.41) is 2.99. The summed E-state index contributed by atoms with van der Waals surface area (Å²) >= 11 is 0. The van der Waals surface area contributed by atoms with Crippen molar-refractivity contribution in [3.05, 3.63) is 65.0 Å². The first kappa shape index (κ1) is 17.5. The molecular formula is C21H24FNO2. The van der Waals surface area contributed by atoms with Crippen molar-refractivity contribution < 1.29 is 13.9 Å². The van der Waals surface area contributed by atoms with Crippen molar-refractivity contribution in [1.29, 1.82) is 0 Å². The summed E-state index contributed by atoms with van der Waals surface area (Å²) in [6, 6.07) is 12.9. The number of amides is 1. The monoisotopic (exact) mass is 341 g/mol. The predicted molar refractivity (Wildman–Crippen MR) is 96.1 cm³/mol. The lowest BCUT2D eigenvalue weighted by molar-refractivity contribution is -0.121. The minimum Gasteiger partial charge on any atom is -0.496 e. The molecule has 1 unspecified atom stereocenters. The Hall–Kier alpha value is -2.36. The highest BCUT2D eigenvalue weighted by molar-refractivity contribution is 5.77. The smallest absolute Gasteiger partial charge is 0.220 e. The van der Waals surface area contributed by atoms with Crippen molar-refractivity contribution in [2.45, 2.75) is 38.6 Å². The van der Waals surface area contributed by atoms with Crippen LogP contribution in [0.5, 0.6) is 5.75 Å². The van der Waals surface area contributed by atoms with E-state index in [4.69, 9.17) is 4.74 Å². The van der Waals surface area contributed by atoms with Gasteiger partial charge >= 0.3 is 0 Å². The van der Waals surface area contributed by atoms with Gasteiger partial charge in [-0.15, -0.1) is 0 Å². The van der Waals surface area contributed by atoms with Crippen LogP contribution < -0.4 is 10.1 Å². The fourth-order valence-corrected chi connectivity index (χ4v) is 3.27. The number of aryl methyl sites for hydroxylation is 1. The van der Waals surface area contributed by atoms with E-state index in [-0.39, 0.29) is 17.6 Å². The van der Waals surface area contributed by atoms with E-state index >= 15 is 0 Å². The van der Waals surface area contributed by atoms with Crippen molar-refractivity contribution in [2.24, 2.45) is 5.92 Å². The summed E-state index contributed by atoms with van der Waals surface area (Å²) in [6.07, 6.45) is 2.71. The molecule has 1 fully saturated rings. The molecule has 1 saturated carbocycles. The van der Waals surface area contributed by atoms with Gasteiger partial charge in [-0.3, -0.25) is 4.79 Å². The van der Waals surface area contributed by atoms with Crippen molar-refractivity contribution in [3.63, 3.8) is 0 Å². The molecule has 1 aliphatic rings. The highest BCUT2D eigenvalue weighted by atomic mass is 19.1. The average Bonchev–Trinajstić information content (AvgIpc) is 3.45. The Balaban J connectivity index is 1.64. The Morgan fingerprint density at radius 3 is 2.72 bits per heavy atom. The quantitative estimate of drug-likeness (QED) is 0.813. The summed E-state index contributed by atoms with van der Waals surface area (Å²) in [7, 11) is 1.63. The number of para-hydroxylation sites is 1. The van der Waals surface area contributed by atoms with Crippen molar-refractivity contribution in [1.82, 2.24) is 5.32 Å². The highest BCUT2D eigenvalue weighted by Crippen LogP contribution is 2.44. The molecule has 1 amide bonds. The molecule has 2 aromatic carbocycles. The molecule has 0 spiro atoms. The summed E-state index contributed by atoms with van der Waals surface area (Å²) in [5.74, 6) is 1.29. The third kappa shape index (κ3) is 4.38. The van der Waals surface area contributed by atoms with Gasteiger partial charge in [0.1, 0.15) is 11.6 Å². The zero-order valence-electron chi connectivity index (χ0n) is 14.7. The molecule has 2 aromatic rings. The molecule has 0 aliphatic heterocycles. The number of benzene rings is 2. The van der Waals surface area contributed by atoms with Gasteiger partial charge in [0.25, 0.3) is 0 Å². The van der Waals surface area contributed by atoms with Gasteiger partial charge < -0.3 is 10.1 Å². The van der Waals surface area contributed by atoms with Crippen LogP contribution in [-0.2, 0) is 11.3 Å². The maximum absolute atomic E-state index is 13.5. The number of halogens is 1. The molecule has 1 atom stereocenters. The van der Waals surface area contributed by atoms with Crippen LogP contribution in [0.2, 0.25) is 0 Å². The van der Waals surface area contributed by atoms with E-state index in [9.17, 15) is 9.18 Å². The number of ether oxygens (including phenoxy) is 1. The van der Waals surface area contributed by atoms with Crippen LogP contribution in [-0.4, -0.2) is 13.0 Å². The second-order valence-corrected chi connectivity index (χ2v) is 6.75. The molecule has 0 aromatic heterocycles. The molecule has 0 saturated heterocycles. The van der Waals surface area contributed by atoms with Gasteiger partial charge in [0.2, 0.25) is 5.91 Å². The fraction of sp³-hybridized carbons (Fsp3) is 0.381. The number of carbonyl (C=O) groups is 1. The topological polar surface area (TPSA) is 38.3 Å². The van der Waals surface area contributed by atoms with Gasteiger partial charge in [-0.05, 0) is 54.9 Å². The molecule has 0 bridgehead atoms. The minimum atomic E-state index is -0.195. The third-order valence-electron chi connectivity index (χ3n) is 4.88. The highest BCUT2D eigenvalue weighted by Gasteiger charge is 2.33. The first-order valence-corrected chi connectivity index (χ1v) is 8.73. The molecule has 1 N–H and O–H groups in total. The van der Waals surface area contributed by atoms with Gasteiger partial charge in [0.05, 0.1) is 7.11 Å². The Kier molecular flexibility index (Phi) is 5.37. The van der Waals surface area contributed by atoms with Crippen LogP contribution in [0.1, 0.15) is 41.9 Å². The number of methoxy groups -OCH3 is 1. The van der Waals surface area contributed by atoms with Gasteiger partial charge in [-0.1, -0.05) is 30.3 Å². The second-order valence-electron chi connectivity index (χ2n) is 6.75. The largest absolute Gasteiger partial charge is 0.496 e. The van der Waals surface area contributed by atoms with Crippen molar-refractivity contribution in [2.75, 3.05) is 7.11 Å². The Morgan fingerprint density at radius 1 is 1.28 bits per heavy atom. The van der Waals surface area contributed by atoms with Gasteiger partial charge in [-0.25, -0.2) is 4.39 Å². The lowest BCUT2D eigenvalue weighted by atomic mass is 9.89. The van der Waals surface area contributed by atoms with E-state index in [1.165, 1.54) is 6.07 Å². The van der Waals surface area contributed by atoms with Gasteiger partial charge in [0, 0.05) is 18.5 Å². The van der Waals surface area contributed by atoms with Crippen molar-refractivity contribution in [3.8, 4) is 5.75 Å². The van der Waals surface area contributed by atoms with Crippen LogP contribution in [0.3, 0.4) is 0 Å².